The van der Waals surface area contributed by atoms with E-state index in [-0.39, 0.29) is 5.56 Å². The molecule has 0 aliphatic heterocycles. The van der Waals surface area contributed by atoms with Gasteiger partial charge in [-0.25, -0.2) is 9.78 Å². The molecule has 4 rings (SSSR count). The number of aldehydes is 1. The molecule has 4 aromatic rings. The number of hydrogen-bond acceptors (Lipinski definition) is 5. The van der Waals surface area contributed by atoms with Crippen molar-refractivity contribution in [2.24, 2.45) is 5.73 Å². The van der Waals surface area contributed by atoms with Crippen LogP contribution >= 0.6 is 0 Å². The molecule has 2 heterocycles. The summed E-state index contributed by atoms with van der Waals surface area (Å²) in [6, 6.07) is 16.3. The Bertz CT molecular complexity index is 1240. The van der Waals surface area contributed by atoms with Crippen molar-refractivity contribution in [3.8, 4) is 22.3 Å². The van der Waals surface area contributed by atoms with E-state index in [4.69, 9.17) is 10.8 Å². The summed E-state index contributed by atoms with van der Waals surface area (Å²) in [5.74, 6) is -0.957. The summed E-state index contributed by atoms with van der Waals surface area (Å²) in [5, 5.41) is 13.0. The summed E-state index contributed by atoms with van der Waals surface area (Å²) >= 11 is 0. The van der Waals surface area contributed by atoms with Gasteiger partial charge in [-0.1, -0.05) is 24.3 Å². The summed E-state index contributed by atoms with van der Waals surface area (Å²) in [6.07, 6.45) is 4.30. The molecule has 5 N–H and O–H groups in total. The maximum atomic E-state index is 11.1. The van der Waals surface area contributed by atoms with Crippen molar-refractivity contribution in [2.45, 2.75) is 12.6 Å². The molecule has 0 saturated carbocycles. The molecule has 0 fully saturated rings. The van der Waals surface area contributed by atoms with Gasteiger partial charge < -0.3 is 21.1 Å². The van der Waals surface area contributed by atoms with Crippen LogP contribution in [0, 0.1) is 0 Å². The fourth-order valence-corrected chi connectivity index (χ4v) is 3.31. The molecule has 0 radical (unpaired) electrons. The standard InChI is InChI=1S/C23H20N4O3/c1-23(24,13-28)27-18-4-2-3-16(9-18)17-10-19-20(12-26-21(19)25-11-17)14-5-7-15(8-6-14)22(29)30/h2-13,27H,24H2,1H3,(H,25,26)(H,29,30)/t23-/m0/s1. The predicted molar refractivity (Wildman–Crippen MR) is 116 cm³/mol. The Morgan fingerprint density at radius 3 is 2.60 bits per heavy atom. The largest absolute Gasteiger partial charge is 0.478 e. The SMILES string of the molecule is C[C@@](N)(C=O)Nc1cccc(-c2cnc3[nH]cc(-c4ccc(C(=O)O)cc4)c3c2)c1. The van der Waals surface area contributed by atoms with Crippen LogP contribution in [-0.2, 0) is 4.79 Å². The number of aromatic nitrogens is 2. The van der Waals surface area contributed by atoms with Crippen molar-refractivity contribution in [1.82, 2.24) is 9.97 Å². The average molecular weight is 400 g/mol. The number of carboxylic acids is 1. The molecular formula is C23H20N4O3. The van der Waals surface area contributed by atoms with Gasteiger partial charge in [-0.2, -0.15) is 0 Å². The van der Waals surface area contributed by atoms with Gasteiger partial charge in [0.1, 0.15) is 11.3 Å². The quantitative estimate of drug-likeness (QED) is 0.288. The number of anilines is 1. The fraction of sp³-hybridized carbons (Fsp3) is 0.0870. The summed E-state index contributed by atoms with van der Waals surface area (Å²) in [4.78, 5) is 29.9. The second-order valence-corrected chi connectivity index (χ2v) is 7.31. The highest BCUT2D eigenvalue weighted by molar-refractivity contribution is 5.96. The van der Waals surface area contributed by atoms with E-state index in [1.807, 2.05) is 36.5 Å². The molecule has 2 aromatic heterocycles. The van der Waals surface area contributed by atoms with Crippen LogP contribution in [0.3, 0.4) is 0 Å². The number of hydrogen-bond donors (Lipinski definition) is 4. The molecule has 0 spiro atoms. The lowest BCUT2D eigenvalue weighted by atomic mass is 10.0. The van der Waals surface area contributed by atoms with Gasteiger partial charge in [0, 0.05) is 34.6 Å². The van der Waals surface area contributed by atoms with E-state index in [1.54, 1.807) is 37.4 Å². The fourth-order valence-electron chi connectivity index (χ4n) is 3.31. The smallest absolute Gasteiger partial charge is 0.335 e. The van der Waals surface area contributed by atoms with Crippen molar-refractivity contribution in [1.29, 1.82) is 0 Å². The Labute approximate surface area is 172 Å². The lowest BCUT2D eigenvalue weighted by Crippen LogP contribution is -2.46. The zero-order chi connectivity index (χ0) is 21.3. The Morgan fingerprint density at radius 1 is 1.13 bits per heavy atom. The lowest BCUT2D eigenvalue weighted by Gasteiger charge is -2.20. The van der Waals surface area contributed by atoms with Gasteiger partial charge >= 0.3 is 5.97 Å². The molecule has 30 heavy (non-hydrogen) atoms. The van der Waals surface area contributed by atoms with Gasteiger partial charge in [0.15, 0.2) is 6.29 Å². The maximum absolute atomic E-state index is 11.1. The molecular weight excluding hydrogens is 380 g/mol. The Kier molecular flexibility index (Phi) is 4.81. The van der Waals surface area contributed by atoms with Crippen LogP contribution in [-0.4, -0.2) is 33.0 Å². The topological polar surface area (TPSA) is 121 Å². The molecule has 0 bridgehead atoms. The van der Waals surface area contributed by atoms with Gasteiger partial charge in [-0.3, -0.25) is 4.79 Å². The number of aromatic carboxylic acids is 1. The van der Waals surface area contributed by atoms with Crippen molar-refractivity contribution < 1.29 is 14.7 Å². The monoisotopic (exact) mass is 400 g/mol. The minimum absolute atomic E-state index is 0.240. The number of pyridine rings is 1. The third-order valence-corrected chi connectivity index (χ3v) is 4.83. The lowest BCUT2D eigenvalue weighted by molar-refractivity contribution is -0.111. The van der Waals surface area contributed by atoms with Crippen LogP contribution in [0.5, 0.6) is 0 Å². The number of aromatic amines is 1. The maximum Gasteiger partial charge on any atom is 0.335 e. The third kappa shape index (κ3) is 3.78. The zero-order valence-corrected chi connectivity index (χ0v) is 16.2. The number of nitrogens with one attached hydrogen (secondary N) is 2. The predicted octanol–water partition coefficient (Wildman–Crippen LogP) is 3.88. The highest BCUT2D eigenvalue weighted by Gasteiger charge is 2.16. The van der Waals surface area contributed by atoms with Crippen LogP contribution in [0.15, 0.2) is 67.0 Å². The molecule has 2 aromatic carbocycles. The first-order chi connectivity index (χ1) is 14.4. The minimum Gasteiger partial charge on any atom is -0.478 e. The van der Waals surface area contributed by atoms with Crippen LogP contribution in [0.4, 0.5) is 5.69 Å². The third-order valence-electron chi connectivity index (χ3n) is 4.83. The molecule has 7 heteroatoms. The summed E-state index contributed by atoms with van der Waals surface area (Å²) in [6.45, 7) is 1.60. The number of nitrogens with two attached hydrogens (primary N) is 1. The van der Waals surface area contributed by atoms with E-state index < -0.39 is 11.6 Å². The Morgan fingerprint density at radius 2 is 1.90 bits per heavy atom. The molecule has 0 aliphatic carbocycles. The van der Waals surface area contributed by atoms with Gasteiger partial charge in [0.25, 0.3) is 0 Å². The van der Waals surface area contributed by atoms with E-state index in [1.165, 1.54) is 0 Å². The summed E-state index contributed by atoms with van der Waals surface area (Å²) < 4.78 is 0. The summed E-state index contributed by atoms with van der Waals surface area (Å²) in [7, 11) is 0. The van der Waals surface area contributed by atoms with Crippen molar-refractivity contribution in [2.75, 3.05) is 5.32 Å². The number of H-pyrrole nitrogens is 1. The molecule has 0 aliphatic rings. The van der Waals surface area contributed by atoms with E-state index in [9.17, 15) is 9.59 Å². The number of benzene rings is 2. The first-order valence-electron chi connectivity index (χ1n) is 9.31. The van der Waals surface area contributed by atoms with E-state index in [0.29, 0.717) is 6.29 Å². The molecule has 0 unspecified atom stereocenters. The molecule has 7 nitrogen and oxygen atoms in total. The van der Waals surface area contributed by atoms with Crippen LogP contribution < -0.4 is 11.1 Å². The zero-order valence-electron chi connectivity index (χ0n) is 16.2. The van der Waals surface area contributed by atoms with Crippen molar-refractivity contribution >= 4 is 29.0 Å². The number of nitrogens with zero attached hydrogens (tertiary/aromatic N) is 1. The Hall–Kier alpha value is -3.97. The van der Waals surface area contributed by atoms with Crippen molar-refractivity contribution in [3.05, 3.63) is 72.6 Å². The number of carbonyl (C=O) groups is 2. The minimum atomic E-state index is -1.16. The highest BCUT2D eigenvalue weighted by Crippen LogP contribution is 2.32. The van der Waals surface area contributed by atoms with Crippen LogP contribution in [0.1, 0.15) is 17.3 Å². The van der Waals surface area contributed by atoms with E-state index in [2.05, 4.69) is 15.3 Å². The summed E-state index contributed by atoms with van der Waals surface area (Å²) in [5.41, 5.74) is 10.1. The highest BCUT2D eigenvalue weighted by atomic mass is 16.4. The normalized spacial score (nSPS) is 13.0. The average Bonchev–Trinajstić information content (AvgIpc) is 3.17. The van der Waals surface area contributed by atoms with Crippen molar-refractivity contribution in [3.63, 3.8) is 0 Å². The van der Waals surface area contributed by atoms with Gasteiger partial charge in [0.05, 0.1) is 5.56 Å². The number of carboxylic acid groups (broad SMARTS) is 1. The van der Waals surface area contributed by atoms with E-state index in [0.717, 1.165) is 39.0 Å². The Balaban J connectivity index is 1.73. The number of carbonyl (C=O) groups excluding carboxylic acids is 1. The van der Waals surface area contributed by atoms with Gasteiger partial charge in [-0.05, 0) is 48.4 Å². The molecule has 1 atom stereocenters. The first kappa shape index (κ1) is 19.4. The van der Waals surface area contributed by atoms with Crippen LogP contribution in [0.2, 0.25) is 0 Å². The van der Waals surface area contributed by atoms with E-state index >= 15 is 0 Å². The molecule has 0 amide bonds. The number of fused-ring (bicyclic) bond motifs is 1. The number of rotatable bonds is 6. The van der Waals surface area contributed by atoms with Gasteiger partial charge in [0.2, 0.25) is 0 Å². The second-order valence-electron chi connectivity index (χ2n) is 7.31. The second kappa shape index (κ2) is 7.46. The van der Waals surface area contributed by atoms with Gasteiger partial charge in [-0.15, -0.1) is 0 Å². The molecule has 0 saturated heterocycles. The first-order valence-corrected chi connectivity index (χ1v) is 9.31. The molecule has 150 valence electrons. The van der Waals surface area contributed by atoms with Crippen LogP contribution in [0.25, 0.3) is 33.3 Å².